The summed E-state index contributed by atoms with van der Waals surface area (Å²) in [5.41, 5.74) is 1.94. The molecule has 0 unspecified atom stereocenters. The van der Waals surface area contributed by atoms with Crippen molar-refractivity contribution in [3.63, 3.8) is 0 Å². The van der Waals surface area contributed by atoms with Crippen LogP contribution in [0.15, 0.2) is 12.1 Å². The number of amides is 1. The second kappa shape index (κ2) is 6.81. The highest BCUT2D eigenvalue weighted by Crippen LogP contribution is 2.28. The van der Waals surface area contributed by atoms with Crippen molar-refractivity contribution >= 4 is 27.5 Å². The molecule has 1 N–H and O–H groups in total. The van der Waals surface area contributed by atoms with Gasteiger partial charge in [-0.2, -0.15) is 0 Å². The Bertz CT molecular complexity index is 656. The van der Waals surface area contributed by atoms with Gasteiger partial charge in [0.05, 0.1) is 23.4 Å². The number of thiophene rings is 1. The van der Waals surface area contributed by atoms with Crippen LogP contribution in [0.2, 0.25) is 0 Å². The van der Waals surface area contributed by atoms with E-state index >= 15 is 0 Å². The van der Waals surface area contributed by atoms with Crippen LogP contribution >= 0.6 is 11.3 Å². The molecule has 0 aliphatic carbocycles. The van der Waals surface area contributed by atoms with Crippen molar-refractivity contribution in [3.05, 3.63) is 22.7 Å². The van der Waals surface area contributed by atoms with Crippen LogP contribution in [0.1, 0.15) is 22.3 Å². The largest absolute Gasteiger partial charge is 0.379 e. The van der Waals surface area contributed by atoms with Gasteiger partial charge in [-0.05, 0) is 26.0 Å². The van der Waals surface area contributed by atoms with Gasteiger partial charge in [-0.15, -0.1) is 11.3 Å². The first-order valence-electron chi connectivity index (χ1n) is 7.87. The summed E-state index contributed by atoms with van der Waals surface area (Å²) < 4.78 is 8.62. The number of nitrogens with zero attached hydrogens (tertiary/aromatic N) is 2. The van der Waals surface area contributed by atoms with E-state index in [9.17, 15) is 4.79 Å². The number of ether oxygens (including phenoxy) is 1. The van der Waals surface area contributed by atoms with E-state index in [1.54, 1.807) is 11.3 Å². The summed E-state index contributed by atoms with van der Waals surface area (Å²) in [6.07, 6.45) is 0. The van der Waals surface area contributed by atoms with Crippen molar-refractivity contribution in [2.45, 2.75) is 20.4 Å². The first-order valence-corrected chi connectivity index (χ1v) is 8.68. The first kappa shape index (κ1) is 15.5. The molecular formula is C16H23N3O2S. The standard InChI is InChI=1S/C16H23N3O2S/c1-3-19-13-10-12(2)22-15(13)11-14(19)16(20)17-4-5-18-6-8-21-9-7-18/h10-11H,3-9H2,1-2H3,(H,17,20). The molecule has 0 saturated carbocycles. The van der Waals surface area contributed by atoms with Crippen molar-refractivity contribution in [2.75, 3.05) is 39.4 Å². The summed E-state index contributed by atoms with van der Waals surface area (Å²) in [5.74, 6) is 0.0242. The molecule has 2 aromatic heterocycles. The third-order valence-corrected chi connectivity index (χ3v) is 5.07. The Balaban J connectivity index is 1.63. The number of morpholine rings is 1. The summed E-state index contributed by atoms with van der Waals surface area (Å²) in [5, 5.41) is 3.05. The Kier molecular flexibility index (Phi) is 4.81. The van der Waals surface area contributed by atoms with Crippen LogP contribution in [0.5, 0.6) is 0 Å². The summed E-state index contributed by atoms with van der Waals surface area (Å²) in [6.45, 7) is 10.1. The zero-order chi connectivity index (χ0) is 15.5. The van der Waals surface area contributed by atoms with E-state index in [1.165, 1.54) is 15.1 Å². The molecule has 1 aliphatic rings. The maximum Gasteiger partial charge on any atom is 0.268 e. The van der Waals surface area contributed by atoms with Gasteiger partial charge in [0.15, 0.2) is 0 Å². The highest BCUT2D eigenvalue weighted by Gasteiger charge is 2.16. The van der Waals surface area contributed by atoms with Crippen LogP contribution in [-0.2, 0) is 11.3 Å². The lowest BCUT2D eigenvalue weighted by Crippen LogP contribution is -2.41. The van der Waals surface area contributed by atoms with E-state index in [0.29, 0.717) is 6.54 Å². The number of fused-ring (bicyclic) bond motifs is 1. The van der Waals surface area contributed by atoms with E-state index < -0.39 is 0 Å². The topological polar surface area (TPSA) is 46.5 Å². The molecular weight excluding hydrogens is 298 g/mol. The van der Waals surface area contributed by atoms with Gasteiger partial charge in [0, 0.05) is 37.6 Å². The monoisotopic (exact) mass is 321 g/mol. The highest BCUT2D eigenvalue weighted by atomic mass is 32.1. The third-order valence-electron chi connectivity index (χ3n) is 4.08. The Hall–Kier alpha value is -1.37. The average Bonchev–Trinajstić information content (AvgIpc) is 3.03. The van der Waals surface area contributed by atoms with E-state index in [0.717, 1.165) is 45.1 Å². The predicted octanol–water partition coefficient (Wildman–Crippen LogP) is 2.09. The van der Waals surface area contributed by atoms with E-state index in [-0.39, 0.29) is 5.91 Å². The van der Waals surface area contributed by atoms with Gasteiger partial charge in [0.1, 0.15) is 5.69 Å². The third kappa shape index (κ3) is 3.19. The van der Waals surface area contributed by atoms with Crippen molar-refractivity contribution in [1.29, 1.82) is 0 Å². The van der Waals surface area contributed by atoms with E-state index in [4.69, 9.17) is 4.74 Å². The van der Waals surface area contributed by atoms with Crippen LogP contribution in [0, 0.1) is 6.92 Å². The van der Waals surface area contributed by atoms with Crippen LogP contribution in [-0.4, -0.2) is 54.8 Å². The first-order chi connectivity index (χ1) is 10.7. The quantitative estimate of drug-likeness (QED) is 0.917. The fourth-order valence-electron chi connectivity index (χ4n) is 2.94. The van der Waals surface area contributed by atoms with Gasteiger partial charge in [-0.25, -0.2) is 0 Å². The SMILES string of the molecule is CCn1c(C(=O)NCCN2CCOCC2)cc2sc(C)cc21. The number of aromatic nitrogens is 1. The Morgan fingerprint density at radius 1 is 1.36 bits per heavy atom. The fourth-order valence-corrected chi connectivity index (χ4v) is 3.90. The number of hydrogen-bond donors (Lipinski definition) is 1. The fraction of sp³-hybridized carbons (Fsp3) is 0.562. The number of aryl methyl sites for hydroxylation is 2. The van der Waals surface area contributed by atoms with Crippen LogP contribution in [0.4, 0.5) is 0 Å². The molecule has 1 fully saturated rings. The van der Waals surface area contributed by atoms with Crippen LogP contribution in [0.3, 0.4) is 0 Å². The zero-order valence-electron chi connectivity index (χ0n) is 13.2. The van der Waals surface area contributed by atoms with Gasteiger partial charge < -0.3 is 14.6 Å². The molecule has 0 aromatic carbocycles. The highest BCUT2D eigenvalue weighted by molar-refractivity contribution is 7.19. The summed E-state index contributed by atoms with van der Waals surface area (Å²) in [4.78, 5) is 16.1. The maximum absolute atomic E-state index is 12.4. The second-order valence-electron chi connectivity index (χ2n) is 5.59. The number of carbonyl (C=O) groups excluding carboxylic acids is 1. The van der Waals surface area contributed by atoms with Crippen molar-refractivity contribution < 1.29 is 9.53 Å². The molecule has 3 heterocycles. The molecule has 0 radical (unpaired) electrons. The molecule has 22 heavy (non-hydrogen) atoms. The molecule has 120 valence electrons. The Labute approximate surface area is 134 Å². The number of hydrogen-bond acceptors (Lipinski definition) is 4. The van der Waals surface area contributed by atoms with Crippen molar-refractivity contribution in [3.8, 4) is 0 Å². The lowest BCUT2D eigenvalue weighted by molar-refractivity contribution is 0.0383. The smallest absolute Gasteiger partial charge is 0.268 e. The van der Waals surface area contributed by atoms with Gasteiger partial charge in [0.25, 0.3) is 5.91 Å². The zero-order valence-corrected chi connectivity index (χ0v) is 14.0. The lowest BCUT2D eigenvalue weighted by atomic mass is 10.3. The van der Waals surface area contributed by atoms with Crippen LogP contribution in [0.25, 0.3) is 10.2 Å². The van der Waals surface area contributed by atoms with Gasteiger partial charge in [-0.3, -0.25) is 9.69 Å². The Morgan fingerprint density at radius 2 is 2.14 bits per heavy atom. The van der Waals surface area contributed by atoms with E-state index in [2.05, 4.69) is 34.7 Å². The summed E-state index contributed by atoms with van der Waals surface area (Å²) in [6, 6.07) is 4.18. The number of carbonyl (C=O) groups is 1. The molecule has 0 spiro atoms. The number of rotatable bonds is 5. The normalized spacial score (nSPS) is 16.3. The van der Waals surface area contributed by atoms with Gasteiger partial charge in [0.2, 0.25) is 0 Å². The molecule has 1 amide bonds. The molecule has 3 rings (SSSR count). The van der Waals surface area contributed by atoms with Crippen molar-refractivity contribution in [2.24, 2.45) is 0 Å². The molecule has 0 bridgehead atoms. The summed E-state index contributed by atoms with van der Waals surface area (Å²) in [7, 11) is 0. The molecule has 5 nitrogen and oxygen atoms in total. The maximum atomic E-state index is 12.4. The summed E-state index contributed by atoms with van der Waals surface area (Å²) >= 11 is 1.74. The predicted molar refractivity (Wildman–Crippen MR) is 89.8 cm³/mol. The molecule has 2 aromatic rings. The second-order valence-corrected chi connectivity index (χ2v) is 6.88. The number of nitrogens with one attached hydrogen (secondary N) is 1. The minimum Gasteiger partial charge on any atom is -0.379 e. The van der Waals surface area contributed by atoms with E-state index in [1.807, 2.05) is 6.07 Å². The van der Waals surface area contributed by atoms with Crippen molar-refractivity contribution in [1.82, 2.24) is 14.8 Å². The Morgan fingerprint density at radius 3 is 2.86 bits per heavy atom. The molecule has 1 saturated heterocycles. The van der Waals surface area contributed by atoms with Gasteiger partial charge in [-0.1, -0.05) is 0 Å². The molecule has 0 atom stereocenters. The minimum absolute atomic E-state index is 0.0242. The lowest BCUT2D eigenvalue weighted by Gasteiger charge is -2.26. The van der Waals surface area contributed by atoms with Crippen LogP contribution < -0.4 is 5.32 Å². The molecule has 6 heteroatoms. The minimum atomic E-state index is 0.0242. The average molecular weight is 321 g/mol. The molecule has 1 aliphatic heterocycles. The van der Waals surface area contributed by atoms with Gasteiger partial charge >= 0.3 is 0 Å².